The Labute approximate surface area is 169 Å². The van der Waals surface area contributed by atoms with E-state index in [-0.39, 0.29) is 0 Å². The molecule has 0 atom stereocenters. The summed E-state index contributed by atoms with van der Waals surface area (Å²) < 4.78 is 45.3. The lowest BCUT2D eigenvalue weighted by atomic mass is 10.2. The molecule has 7 heteroatoms. The normalized spacial score (nSPS) is 11.8. The topological polar surface area (TPSA) is 34.5 Å². The van der Waals surface area contributed by atoms with E-state index in [9.17, 15) is 18.0 Å². The Morgan fingerprint density at radius 2 is 1.59 bits per heavy atom. The van der Waals surface area contributed by atoms with Crippen molar-refractivity contribution >= 4 is 0 Å². The molecule has 0 aliphatic rings. The number of hydrogen-bond donors (Lipinski definition) is 0. The molecule has 1 heterocycles. The van der Waals surface area contributed by atoms with Gasteiger partial charge in [0.25, 0.3) is 5.56 Å². The maximum atomic E-state index is 12.9. The van der Waals surface area contributed by atoms with Crippen LogP contribution in [0.2, 0.25) is 0 Å². The highest BCUT2D eigenvalue weighted by Crippen LogP contribution is 2.28. The van der Waals surface area contributed by atoms with Gasteiger partial charge in [-0.1, -0.05) is 26.7 Å². The standard InChI is InChI=1S/C22H29F3N2O2/c1-3-26(4-2)15-7-5-6-8-16-29-20-12-10-19(11-13-20)27-17-18(22(23,24)25)9-14-21(27)28/h9-14,17H,3-8,15-16H2,1-2H3. The second kappa shape index (κ2) is 11.0. The Kier molecular flexibility index (Phi) is 8.76. The summed E-state index contributed by atoms with van der Waals surface area (Å²) in [7, 11) is 0. The van der Waals surface area contributed by atoms with Crippen molar-refractivity contribution in [3.05, 3.63) is 58.5 Å². The summed E-state index contributed by atoms with van der Waals surface area (Å²) >= 11 is 0. The van der Waals surface area contributed by atoms with Gasteiger partial charge in [0, 0.05) is 18.0 Å². The lowest BCUT2D eigenvalue weighted by Crippen LogP contribution is -2.23. The van der Waals surface area contributed by atoms with Gasteiger partial charge in [0.2, 0.25) is 0 Å². The molecule has 4 nitrogen and oxygen atoms in total. The number of halogens is 3. The first-order valence-corrected chi connectivity index (χ1v) is 10.1. The summed E-state index contributed by atoms with van der Waals surface area (Å²) in [6.45, 7) is 8.24. The van der Waals surface area contributed by atoms with E-state index in [0.717, 1.165) is 61.8 Å². The predicted octanol–water partition coefficient (Wildman–Crippen LogP) is 5.14. The summed E-state index contributed by atoms with van der Waals surface area (Å²) in [6, 6.07) is 8.22. The Bertz CT molecular complexity index is 797. The summed E-state index contributed by atoms with van der Waals surface area (Å²) in [6.07, 6.45) is 0.714. The first kappa shape index (κ1) is 23.0. The molecule has 0 bridgehead atoms. The first-order valence-electron chi connectivity index (χ1n) is 10.1. The van der Waals surface area contributed by atoms with Crippen molar-refractivity contribution in [2.24, 2.45) is 0 Å². The Morgan fingerprint density at radius 3 is 2.21 bits per heavy atom. The first-order chi connectivity index (χ1) is 13.8. The monoisotopic (exact) mass is 410 g/mol. The Balaban J connectivity index is 1.82. The van der Waals surface area contributed by atoms with Gasteiger partial charge in [-0.25, -0.2) is 0 Å². The molecule has 160 valence electrons. The van der Waals surface area contributed by atoms with Crippen LogP contribution in [0.4, 0.5) is 13.2 Å². The van der Waals surface area contributed by atoms with Crippen molar-refractivity contribution < 1.29 is 17.9 Å². The molecule has 29 heavy (non-hydrogen) atoms. The van der Waals surface area contributed by atoms with E-state index < -0.39 is 17.3 Å². The van der Waals surface area contributed by atoms with Crippen LogP contribution in [0.15, 0.2) is 47.4 Å². The van der Waals surface area contributed by atoms with Gasteiger partial charge in [-0.15, -0.1) is 0 Å². The zero-order valence-corrected chi connectivity index (χ0v) is 17.0. The van der Waals surface area contributed by atoms with E-state index in [2.05, 4.69) is 18.7 Å². The molecule has 0 radical (unpaired) electrons. The van der Waals surface area contributed by atoms with Gasteiger partial charge in [0.05, 0.1) is 12.2 Å². The Hall–Kier alpha value is -2.28. The lowest BCUT2D eigenvalue weighted by molar-refractivity contribution is -0.138. The molecule has 0 aliphatic carbocycles. The fourth-order valence-electron chi connectivity index (χ4n) is 3.08. The van der Waals surface area contributed by atoms with Crippen LogP contribution < -0.4 is 10.3 Å². The highest BCUT2D eigenvalue weighted by atomic mass is 19.4. The highest BCUT2D eigenvalue weighted by Gasteiger charge is 2.31. The highest BCUT2D eigenvalue weighted by molar-refractivity contribution is 5.38. The van der Waals surface area contributed by atoms with Crippen LogP contribution in [0.25, 0.3) is 5.69 Å². The number of unbranched alkanes of at least 4 members (excludes halogenated alkanes) is 3. The summed E-state index contributed by atoms with van der Waals surface area (Å²) in [5, 5.41) is 0. The Morgan fingerprint density at radius 1 is 0.931 bits per heavy atom. The number of ether oxygens (including phenoxy) is 1. The minimum atomic E-state index is -4.50. The van der Waals surface area contributed by atoms with Crippen LogP contribution in [0.5, 0.6) is 5.75 Å². The number of alkyl halides is 3. The van der Waals surface area contributed by atoms with Gasteiger partial charge in [-0.3, -0.25) is 9.36 Å². The van der Waals surface area contributed by atoms with Crippen molar-refractivity contribution in [3.8, 4) is 11.4 Å². The van der Waals surface area contributed by atoms with Crippen molar-refractivity contribution in [2.45, 2.75) is 45.7 Å². The maximum absolute atomic E-state index is 12.9. The zero-order chi connectivity index (χ0) is 21.3. The van der Waals surface area contributed by atoms with E-state index in [0.29, 0.717) is 18.0 Å². The van der Waals surface area contributed by atoms with Crippen LogP contribution in [0, 0.1) is 0 Å². The van der Waals surface area contributed by atoms with E-state index in [1.165, 1.54) is 6.42 Å². The molecular weight excluding hydrogens is 381 g/mol. The maximum Gasteiger partial charge on any atom is 0.417 e. The van der Waals surface area contributed by atoms with Crippen molar-refractivity contribution in [1.29, 1.82) is 0 Å². The smallest absolute Gasteiger partial charge is 0.417 e. The molecule has 2 rings (SSSR count). The van der Waals surface area contributed by atoms with E-state index >= 15 is 0 Å². The SMILES string of the molecule is CCN(CC)CCCCCCOc1ccc(-n2cc(C(F)(F)F)ccc2=O)cc1. The number of rotatable bonds is 11. The summed E-state index contributed by atoms with van der Waals surface area (Å²) in [5.41, 5.74) is -1.01. The third kappa shape index (κ3) is 7.24. The molecule has 0 saturated heterocycles. The second-order valence-electron chi connectivity index (χ2n) is 6.91. The van der Waals surface area contributed by atoms with Crippen LogP contribution in [-0.4, -0.2) is 35.7 Å². The van der Waals surface area contributed by atoms with Gasteiger partial charge in [0.1, 0.15) is 5.75 Å². The number of aromatic nitrogens is 1. The molecule has 0 unspecified atom stereocenters. The fourth-order valence-corrected chi connectivity index (χ4v) is 3.08. The van der Waals surface area contributed by atoms with E-state index in [4.69, 9.17) is 4.74 Å². The van der Waals surface area contributed by atoms with E-state index in [1.54, 1.807) is 24.3 Å². The molecule has 2 aromatic rings. The molecular formula is C22H29F3N2O2. The predicted molar refractivity (Wildman–Crippen MR) is 109 cm³/mol. The molecule has 0 amide bonds. The van der Waals surface area contributed by atoms with Crippen LogP contribution in [-0.2, 0) is 6.18 Å². The van der Waals surface area contributed by atoms with Crippen molar-refractivity contribution in [3.63, 3.8) is 0 Å². The number of hydrogen-bond acceptors (Lipinski definition) is 3. The summed E-state index contributed by atoms with van der Waals surface area (Å²) in [5.74, 6) is 0.636. The minimum Gasteiger partial charge on any atom is -0.494 e. The van der Waals surface area contributed by atoms with Crippen LogP contribution in [0.1, 0.15) is 45.1 Å². The molecule has 1 aromatic heterocycles. The van der Waals surface area contributed by atoms with Gasteiger partial charge < -0.3 is 9.64 Å². The third-order valence-corrected chi connectivity index (χ3v) is 4.89. The summed E-state index contributed by atoms with van der Waals surface area (Å²) in [4.78, 5) is 14.3. The molecule has 0 spiro atoms. The molecule has 0 aliphatic heterocycles. The molecule has 0 saturated carbocycles. The van der Waals surface area contributed by atoms with E-state index in [1.807, 2.05) is 0 Å². The van der Waals surface area contributed by atoms with Gasteiger partial charge >= 0.3 is 6.18 Å². The average molecular weight is 410 g/mol. The largest absolute Gasteiger partial charge is 0.494 e. The second-order valence-corrected chi connectivity index (χ2v) is 6.91. The molecule has 1 aromatic carbocycles. The zero-order valence-electron chi connectivity index (χ0n) is 17.0. The van der Waals surface area contributed by atoms with Gasteiger partial charge in [-0.2, -0.15) is 13.2 Å². The van der Waals surface area contributed by atoms with Crippen LogP contribution in [0.3, 0.4) is 0 Å². The fraction of sp³-hybridized carbons (Fsp3) is 0.500. The molecule has 0 N–H and O–H groups in total. The third-order valence-electron chi connectivity index (χ3n) is 4.89. The average Bonchev–Trinajstić information content (AvgIpc) is 2.70. The molecule has 0 fully saturated rings. The van der Waals surface area contributed by atoms with Crippen LogP contribution >= 0.6 is 0 Å². The van der Waals surface area contributed by atoms with Gasteiger partial charge in [0.15, 0.2) is 0 Å². The van der Waals surface area contributed by atoms with Crippen molar-refractivity contribution in [1.82, 2.24) is 9.47 Å². The number of benzene rings is 1. The lowest BCUT2D eigenvalue weighted by Gasteiger charge is -2.17. The number of nitrogens with zero attached hydrogens (tertiary/aromatic N) is 2. The quantitative estimate of drug-likeness (QED) is 0.481. The van der Waals surface area contributed by atoms with Gasteiger partial charge in [-0.05, 0) is 62.8 Å². The minimum absolute atomic E-state index is 0.366. The van der Waals surface area contributed by atoms with Crippen molar-refractivity contribution in [2.75, 3.05) is 26.2 Å². The number of pyridine rings is 1.